The Morgan fingerprint density at radius 1 is 1.04 bits per heavy atom. The van der Waals surface area contributed by atoms with Crippen LogP contribution in [0.5, 0.6) is 17.2 Å². The number of amides is 1. The molecule has 25 heavy (non-hydrogen) atoms. The number of hydrogen-bond acceptors (Lipinski definition) is 5. The molecule has 1 aromatic carbocycles. The normalized spacial score (nSPS) is 18.8. The van der Waals surface area contributed by atoms with Gasteiger partial charge in [-0.25, -0.2) is 0 Å². The van der Waals surface area contributed by atoms with Crippen molar-refractivity contribution in [2.45, 2.75) is 39.7 Å². The van der Waals surface area contributed by atoms with Crippen LogP contribution >= 0.6 is 0 Å². The molecule has 1 amide bonds. The highest BCUT2D eigenvalue weighted by atomic mass is 16.5. The van der Waals surface area contributed by atoms with E-state index in [-0.39, 0.29) is 17.9 Å². The first-order chi connectivity index (χ1) is 12.0. The molecule has 138 valence electrons. The Hall–Kier alpha value is -2.44. The third kappa shape index (κ3) is 4.55. The number of hydrogen-bond donors (Lipinski definition) is 2. The van der Waals surface area contributed by atoms with E-state index in [1.165, 1.54) is 0 Å². The molecule has 0 aromatic heterocycles. The highest BCUT2D eigenvalue weighted by Gasteiger charge is 2.35. The van der Waals surface area contributed by atoms with Gasteiger partial charge in [-0.3, -0.25) is 9.59 Å². The number of aliphatic carboxylic acids is 1. The van der Waals surface area contributed by atoms with Gasteiger partial charge in [-0.1, -0.05) is 0 Å². The van der Waals surface area contributed by atoms with Crippen LogP contribution in [0.15, 0.2) is 12.1 Å². The van der Waals surface area contributed by atoms with Gasteiger partial charge in [-0.05, 0) is 45.7 Å². The minimum atomic E-state index is -0.816. The molecule has 0 unspecified atom stereocenters. The number of benzene rings is 1. The van der Waals surface area contributed by atoms with Crippen LogP contribution < -0.4 is 19.5 Å². The van der Waals surface area contributed by atoms with Gasteiger partial charge in [-0.2, -0.15) is 0 Å². The van der Waals surface area contributed by atoms with E-state index >= 15 is 0 Å². The first-order valence-corrected chi connectivity index (χ1v) is 8.60. The maximum absolute atomic E-state index is 12.5. The van der Waals surface area contributed by atoms with Gasteiger partial charge in [0, 0.05) is 11.6 Å². The SMILES string of the molecule is CCOc1cc(C(=O)NC2CC(C(=O)O)C2)cc(OCC)c1OCC. The molecule has 0 spiro atoms. The van der Waals surface area contributed by atoms with Crippen LogP contribution in [0.2, 0.25) is 0 Å². The van der Waals surface area contributed by atoms with E-state index in [0.717, 1.165) is 0 Å². The molecular formula is C18H25NO6. The lowest BCUT2D eigenvalue weighted by Gasteiger charge is -2.32. The summed E-state index contributed by atoms with van der Waals surface area (Å²) >= 11 is 0. The largest absolute Gasteiger partial charge is 0.490 e. The van der Waals surface area contributed by atoms with Gasteiger partial charge in [0.1, 0.15) is 0 Å². The Kier molecular flexibility index (Phi) is 6.50. The smallest absolute Gasteiger partial charge is 0.306 e. The van der Waals surface area contributed by atoms with Crippen LogP contribution in [-0.4, -0.2) is 42.8 Å². The van der Waals surface area contributed by atoms with Crippen LogP contribution in [0.4, 0.5) is 0 Å². The molecule has 7 heteroatoms. The summed E-state index contributed by atoms with van der Waals surface area (Å²) in [5.74, 6) is -0.0708. The van der Waals surface area contributed by atoms with Gasteiger partial charge >= 0.3 is 5.97 Å². The molecule has 1 aromatic rings. The van der Waals surface area contributed by atoms with Crippen molar-refractivity contribution in [1.29, 1.82) is 0 Å². The summed E-state index contributed by atoms with van der Waals surface area (Å²) in [4.78, 5) is 23.4. The molecule has 7 nitrogen and oxygen atoms in total. The molecule has 0 saturated heterocycles. The zero-order valence-corrected chi connectivity index (χ0v) is 14.8. The van der Waals surface area contributed by atoms with Crippen LogP contribution in [0.1, 0.15) is 44.0 Å². The van der Waals surface area contributed by atoms with Gasteiger partial charge in [0.25, 0.3) is 5.91 Å². The average molecular weight is 351 g/mol. The molecule has 0 aliphatic heterocycles. The molecule has 2 N–H and O–H groups in total. The Balaban J connectivity index is 2.18. The van der Waals surface area contributed by atoms with Crippen molar-refractivity contribution < 1.29 is 28.9 Å². The van der Waals surface area contributed by atoms with Crippen molar-refractivity contribution in [3.05, 3.63) is 17.7 Å². The molecule has 2 rings (SSSR count). The molecule has 1 aliphatic rings. The number of carboxylic acid groups (broad SMARTS) is 1. The Morgan fingerprint density at radius 3 is 2.00 bits per heavy atom. The number of carbonyl (C=O) groups is 2. The number of ether oxygens (including phenoxy) is 3. The minimum Gasteiger partial charge on any atom is -0.490 e. The predicted molar refractivity (Wildman–Crippen MR) is 91.6 cm³/mol. The number of carboxylic acids is 1. The zero-order chi connectivity index (χ0) is 18.4. The maximum Gasteiger partial charge on any atom is 0.306 e. The van der Waals surface area contributed by atoms with E-state index < -0.39 is 5.97 Å². The van der Waals surface area contributed by atoms with Crippen LogP contribution in [-0.2, 0) is 4.79 Å². The van der Waals surface area contributed by atoms with Crippen molar-refractivity contribution in [3.8, 4) is 17.2 Å². The fourth-order valence-corrected chi connectivity index (χ4v) is 2.73. The van der Waals surface area contributed by atoms with Crippen molar-refractivity contribution in [2.75, 3.05) is 19.8 Å². The second kappa shape index (κ2) is 8.60. The highest BCUT2D eigenvalue weighted by molar-refractivity contribution is 5.96. The summed E-state index contributed by atoms with van der Waals surface area (Å²) in [5, 5.41) is 11.8. The van der Waals surface area contributed by atoms with E-state index in [4.69, 9.17) is 19.3 Å². The van der Waals surface area contributed by atoms with E-state index in [0.29, 0.717) is 55.5 Å². The quantitative estimate of drug-likeness (QED) is 0.710. The topological polar surface area (TPSA) is 94.1 Å². The summed E-state index contributed by atoms with van der Waals surface area (Å²) < 4.78 is 16.8. The fourth-order valence-electron chi connectivity index (χ4n) is 2.73. The number of rotatable bonds is 9. The summed E-state index contributed by atoms with van der Waals surface area (Å²) in [5.41, 5.74) is 0.397. The monoisotopic (exact) mass is 351 g/mol. The van der Waals surface area contributed by atoms with E-state index in [2.05, 4.69) is 5.32 Å². The second-order valence-electron chi connectivity index (χ2n) is 5.78. The Bertz CT molecular complexity index is 597. The maximum atomic E-state index is 12.5. The minimum absolute atomic E-state index is 0.119. The molecule has 0 atom stereocenters. The lowest BCUT2D eigenvalue weighted by atomic mass is 9.80. The van der Waals surface area contributed by atoms with E-state index in [1.807, 2.05) is 20.8 Å². The van der Waals surface area contributed by atoms with Gasteiger partial charge in [0.2, 0.25) is 5.75 Å². The molecular weight excluding hydrogens is 326 g/mol. The van der Waals surface area contributed by atoms with E-state index in [9.17, 15) is 9.59 Å². The van der Waals surface area contributed by atoms with Crippen LogP contribution in [0.3, 0.4) is 0 Å². The predicted octanol–water partition coefficient (Wildman–Crippen LogP) is 2.48. The van der Waals surface area contributed by atoms with Gasteiger partial charge in [0.05, 0.1) is 25.7 Å². The summed E-state index contributed by atoms with van der Waals surface area (Å²) in [6.45, 7) is 6.87. The molecule has 1 aliphatic carbocycles. The van der Waals surface area contributed by atoms with Crippen molar-refractivity contribution >= 4 is 11.9 Å². The Morgan fingerprint density at radius 2 is 1.56 bits per heavy atom. The van der Waals surface area contributed by atoms with Crippen LogP contribution in [0, 0.1) is 5.92 Å². The average Bonchev–Trinajstić information content (AvgIpc) is 2.53. The standard InChI is InChI=1S/C18H25NO6/c1-4-23-14-9-11(10-15(24-5-2)16(14)25-6-3)17(20)19-13-7-12(8-13)18(21)22/h9-10,12-13H,4-8H2,1-3H3,(H,19,20)(H,21,22). The van der Waals surface area contributed by atoms with Crippen molar-refractivity contribution in [1.82, 2.24) is 5.32 Å². The highest BCUT2D eigenvalue weighted by Crippen LogP contribution is 2.39. The number of carbonyl (C=O) groups excluding carboxylic acids is 1. The first kappa shape index (κ1) is 18.9. The molecule has 0 radical (unpaired) electrons. The Labute approximate surface area is 147 Å². The summed E-state index contributed by atoms with van der Waals surface area (Å²) in [6, 6.07) is 3.13. The molecule has 0 bridgehead atoms. The summed E-state index contributed by atoms with van der Waals surface area (Å²) in [7, 11) is 0. The fraction of sp³-hybridized carbons (Fsp3) is 0.556. The number of nitrogens with one attached hydrogen (secondary N) is 1. The third-order valence-electron chi connectivity index (χ3n) is 3.99. The third-order valence-corrected chi connectivity index (χ3v) is 3.99. The van der Waals surface area contributed by atoms with Gasteiger partial charge in [-0.15, -0.1) is 0 Å². The molecule has 1 saturated carbocycles. The van der Waals surface area contributed by atoms with Gasteiger partial charge in [0.15, 0.2) is 11.5 Å². The lowest BCUT2D eigenvalue weighted by molar-refractivity contribution is -0.145. The zero-order valence-electron chi connectivity index (χ0n) is 14.8. The first-order valence-electron chi connectivity index (χ1n) is 8.60. The van der Waals surface area contributed by atoms with Crippen LogP contribution in [0.25, 0.3) is 0 Å². The lowest BCUT2D eigenvalue weighted by Crippen LogP contribution is -2.46. The second-order valence-corrected chi connectivity index (χ2v) is 5.78. The summed E-state index contributed by atoms with van der Waals surface area (Å²) in [6.07, 6.45) is 0.906. The van der Waals surface area contributed by atoms with Crippen molar-refractivity contribution in [3.63, 3.8) is 0 Å². The van der Waals surface area contributed by atoms with Gasteiger partial charge < -0.3 is 24.6 Å². The van der Waals surface area contributed by atoms with Crippen molar-refractivity contribution in [2.24, 2.45) is 5.92 Å². The molecule has 1 fully saturated rings. The van der Waals surface area contributed by atoms with E-state index in [1.54, 1.807) is 12.1 Å². The molecule has 0 heterocycles.